The van der Waals surface area contributed by atoms with Crippen molar-refractivity contribution in [3.05, 3.63) is 70.1 Å². The van der Waals surface area contributed by atoms with Crippen molar-refractivity contribution in [3.8, 4) is 5.75 Å². The fraction of sp³-hybridized carbons (Fsp3) is 0.200. The predicted molar refractivity (Wildman–Crippen MR) is 105 cm³/mol. The number of nitrogens with one attached hydrogen (secondary N) is 1. The lowest BCUT2D eigenvalue weighted by molar-refractivity contribution is 0.0473. The second-order valence-electron chi connectivity index (χ2n) is 6.65. The number of phenols is 1. The maximum absolute atomic E-state index is 12.4. The van der Waals surface area contributed by atoms with E-state index in [1.54, 1.807) is 19.9 Å². The topological polar surface area (TPSA) is 123 Å². The van der Waals surface area contributed by atoms with Crippen molar-refractivity contribution >= 4 is 27.0 Å². The number of sulfonamides is 1. The van der Waals surface area contributed by atoms with Crippen LogP contribution in [0.3, 0.4) is 0 Å². The van der Waals surface area contributed by atoms with Gasteiger partial charge < -0.3 is 14.3 Å². The van der Waals surface area contributed by atoms with Crippen LogP contribution in [-0.2, 0) is 21.4 Å². The maximum Gasteiger partial charge on any atom is 0.338 e. The Hall–Kier alpha value is -3.17. The van der Waals surface area contributed by atoms with Crippen molar-refractivity contribution in [1.29, 1.82) is 0 Å². The van der Waals surface area contributed by atoms with Gasteiger partial charge in [-0.05, 0) is 44.2 Å². The number of ether oxygens (including phenoxy) is 1. The van der Waals surface area contributed by atoms with Crippen LogP contribution < -0.4 is 10.3 Å². The number of fused-ring (bicyclic) bond motifs is 1. The molecule has 0 spiro atoms. The Morgan fingerprint density at radius 1 is 1.17 bits per heavy atom. The van der Waals surface area contributed by atoms with Gasteiger partial charge in [0.15, 0.2) is 0 Å². The first-order valence-electron chi connectivity index (χ1n) is 8.71. The van der Waals surface area contributed by atoms with E-state index < -0.39 is 21.6 Å². The van der Waals surface area contributed by atoms with Crippen molar-refractivity contribution in [2.75, 3.05) is 0 Å². The Bertz CT molecular complexity index is 1230. The molecule has 2 aromatic carbocycles. The van der Waals surface area contributed by atoms with Crippen LogP contribution in [0.15, 0.2) is 62.6 Å². The van der Waals surface area contributed by atoms with Crippen LogP contribution in [0.25, 0.3) is 11.0 Å². The average Bonchev–Trinajstić information content (AvgIpc) is 2.64. The maximum atomic E-state index is 12.4. The van der Waals surface area contributed by atoms with Crippen LogP contribution in [-0.4, -0.2) is 25.5 Å². The lowest BCUT2D eigenvalue weighted by Crippen LogP contribution is -2.30. The summed E-state index contributed by atoms with van der Waals surface area (Å²) in [5.74, 6) is -0.811. The number of phenolic OH excluding ortho intramolecular Hbond substituents is 1. The zero-order valence-corrected chi connectivity index (χ0v) is 16.5. The number of carbonyl (C=O) groups excluding carboxylic acids is 1. The van der Waals surface area contributed by atoms with Gasteiger partial charge in [-0.15, -0.1) is 0 Å². The molecule has 1 aromatic heterocycles. The van der Waals surface area contributed by atoms with Crippen molar-refractivity contribution in [3.63, 3.8) is 0 Å². The number of rotatable bonds is 6. The number of aromatic hydroxyl groups is 1. The van der Waals surface area contributed by atoms with E-state index in [0.29, 0.717) is 10.9 Å². The third-order valence-electron chi connectivity index (χ3n) is 3.94. The van der Waals surface area contributed by atoms with Crippen molar-refractivity contribution < 1.29 is 27.5 Å². The minimum atomic E-state index is -3.76. The zero-order chi connectivity index (χ0) is 21.2. The lowest BCUT2D eigenvalue weighted by Gasteiger charge is -2.11. The highest BCUT2D eigenvalue weighted by molar-refractivity contribution is 7.89. The Morgan fingerprint density at radius 3 is 2.66 bits per heavy atom. The normalized spacial score (nSPS) is 11.7. The molecule has 29 heavy (non-hydrogen) atoms. The molecule has 0 saturated heterocycles. The summed E-state index contributed by atoms with van der Waals surface area (Å²) in [7, 11) is -3.76. The van der Waals surface area contributed by atoms with Crippen LogP contribution in [0.5, 0.6) is 5.75 Å². The largest absolute Gasteiger partial charge is 0.508 e. The highest BCUT2D eigenvalue weighted by Crippen LogP contribution is 2.22. The first-order chi connectivity index (χ1) is 13.7. The van der Waals surface area contributed by atoms with Gasteiger partial charge in [0.05, 0.1) is 10.5 Å². The highest BCUT2D eigenvalue weighted by Gasteiger charge is 2.18. The first kappa shape index (κ1) is 20.6. The van der Waals surface area contributed by atoms with Gasteiger partial charge in [0.2, 0.25) is 10.0 Å². The predicted octanol–water partition coefficient (Wildman–Crippen LogP) is 2.54. The second-order valence-corrected chi connectivity index (χ2v) is 8.37. The summed E-state index contributed by atoms with van der Waals surface area (Å²) in [6.07, 6.45) is 0. The monoisotopic (exact) mass is 417 g/mol. The van der Waals surface area contributed by atoms with Gasteiger partial charge in [-0.1, -0.05) is 6.07 Å². The molecular weight excluding hydrogens is 398 g/mol. The zero-order valence-electron chi connectivity index (χ0n) is 15.7. The highest BCUT2D eigenvalue weighted by atomic mass is 32.2. The van der Waals surface area contributed by atoms with Gasteiger partial charge >= 0.3 is 11.6 Å². The molecule has 0 aliphatic heterocycles. The standard InChI is InChI=1S/C20H19NO7S/c1-12(2)21-29(25,26)16-5-3-4-13(8-16)20(24)27-11-14-9-19(23)28-18-10-15(22)6-7-17(14)18/h3-10,12,21-22H,11H2,1-2H3. The van der Waals surface area contributed by atoms with Gasteiger partial charge in [0.1, 0.15) is 17.9 Å². The van der Waals surface area contributed by atoms with Crippen LogP contribution in [0.2, 0.25) is 0 Å². The molecular formula is C20H19NO7S. The Kier molecular flexibility index (Phi) is 5.71. The third-order valence-corrected chi connectivity index (χ3v) is 5.60. The van der Waals surface area contributed by atoms with Crippen molar-refractivity contribution in [1.82, 2.24) is 4.72 Å². The number of carbonyl (C=O) groups is 1. The lowest BCUT2D eigenvalue weighted by atomic mass is 10.1. The van der Waals surface area contributed by atoms with E-state index in [4.69, 9.17) is 9.15 Å². The molecule has 0 saturated carbocycles. The van der Waals surface area contributed by atoms with Crippen LogP contribution in [0.4, 0.5) is 0 Å². The van der Waals surface area contributed by atoms with Crippen molar-refractivity contribution in [2.45, 2.75) is 31.4 Å². The molecule has 0 bridgehead atoms. The second kappa shape index (κ2) is 8.06. The van der Waals surface area contributed by atoms with E-state index in [1.807, 2.05) is 0 Å². The summed E-state index contributed by atoms with van der Waals surface area (Å²) >= 11 is 0. The minimum absolute atomic E-state index is 0.0538. The fourth-order valence-electron chi connectivity index (χ4n) is 2.73. The molecule has 1 heterocycles. The SMILES string of the molecule is CC(C)NS(=O)(=O)c1cccc(C(=O)OCc2cc(=O)oc3cc(O)ccc23)c1. The van der Waals surface area contributed by atoms with Crippen LogP contribution in [0.1, 0.15) is 29.8 Å². The van der Waals surface area contributed by atoms with E-state index in [0.717, 1.165) is 0 Å². The molecule has 8 nitrogen and oxygen atoms in total. The molecule has 3 aromatic rings. The Morgan fingerprint density at radius 2 is 1.93 bits per heavy atom. The van der Waals surface area contributed by atoms with Gasteiger partial charge in [-0.3, -0.25) is 0 Å². The summed E-state index contributed by atoms with van der Waals surface area (Å²) in [5, 5.41) is 10.0. The average molecular weight is 417 g/mol. The van der Waals surface area contributed by atoms with Gasteiger partial charge in [-0.2, -0.15) is 0 Å². The summed E-state index contributed by atoms with van der Waals surface area (Å²) in [4.78, 5) is 24.1. The molecule has 0 radical (unpaired) electrons. The van der Waals surface area contributed by atoms with E-state index in [2.05, 4.69) is 4.72 Å². The van der Waals surface area contributed by atoms with Crippen LogP contribution in [0, 0.1) is 0 Å². The molecule has 2 N–H and O–H groups in total. The van der Waals surface area contributed by atoms with E-state index in [1.165, 1.54) is 42.5 Å². The van der Waals surface area contributed by atoms with Gasteiger partial charge in [0, 0.05) is 29.1 Å². The number of hydrogen-bond donors (Lipinski definition) is 2. The number of benzene rings is 2. The molecule has 0 aliphatic carbocycles. The Balaban J connectivity index is 1.83. The molecule has 152 valence electrons. The molecule has 0 unspecified atom stereocenters. The molecule has 9 heteroatoms. The number of hydrogen-bond acceptors (Lipinski definition) is 7. The van der Waals surface area contributed by atoms with Gasteiger partial charge in [-0.25, -0.2) is 22.7 Å². The molecule has 0 fully saturated rings. The molecule has 3 rings (SSSR count). The number of esters is 1. The van der Waals surface area contributed by atoms with Gasteiger partial charge in [0.25, 0.3) is 0 Å². The van der Waals surface area contributed by atoms with E-state index in [-0.39, 0.29) is 34.4 Å². The Labute approximate surface area is 166 Å². The quantitative estimate of drug-likeness (QED) is 0.467. The smallest absolute Gasteiger partial charge is 0.338 e. The molecule has 0 aliphatic rings. The first-order valence-corrected chi connectivity index (χ1v) is 10.2. The molecule has 0 atom stereocenters. The summed E-state index contributed by atoms with van der Waals surface area (Å²) in [6.45, 7) is 3.15. The van der Waals surface area contributed by atoms with Crippen LogP contribution >= 0.6 is 0 Å². The summed E-state index contributed by atoms with van der Waals surface area (Å²) in [5.41, 5.74) is -0.0326. The van der Waals surface area contributed by atoms with E-state index >= 15 is 0 Å². The molecule has 0 amide bonds. The third kappa shape index (κ3) is 4.82. The summed E-state index contributed by atoms with van der Waals surface area (Å²) < 4.78 is 37.3. The van der Waals surface area contributed by atoms with E-state index in [9.17, 15) is 23.1 Å². The van der Waals surface area contributed by atoms with Crippen molar-refractivity contribution in [2.24, 2.45) is 0 Å². The summed E-state index contributed by atoms with van der Waals surface area (Å²) in [6, 6.07) is 10.6. The fourth-order valence-corrected chi connectivity index (χ4v) is 4.03. The minimum Gasteiger partial charge on any atom is -0.508 e.